The van der Waals surface area contributed by atoms with E-state index in [2.05, 4.69) is 26.0 Å². The summed E-state index contributed by atoms with van der Waals surface area (Å²) in [4.78, 5) is 10.8. The fourth-order valence-corrected chi connectivity index (χ4v) is 1.99. The molecule has 0 aromatic carbocycles. The Kier molecular flexibility index (Phi) is 4.84. The highest BCUT2D eigenvalue weighted by molar-refractivity contribution is 5.67. The average Bonchev–Trinajstić information content (AvgIpc) is 2.26. The maximum Gasteiger partial charge on any atom is 0.359 e. The normalized spacial score (nSPS) is 13.3. The zero-order valence-electron chi connectivity index (χ0n) is 11.8. The van der Waals surface area contributed by atoms with Crippen LogP contribution in [0.15, 0.2) is 24.5 Å². The number of aliphatic carboxylic acids is 1. The van der Waals surface area contributed by atoms with Crippen LogP contribution in [0.3, 0.4) is 0 Å². The molecule has 1 heterocycles. The fraction of sp³-hybridized carbons (Fsp3) is 0.571. The molecular weight excluding hydrogens is 228 g/mol. The van der Waals surface area contributed by atoms with Crippen molar-refractivity contribution in [3.05, 3.63) is 30.1 Å². The number of carboxylic acid groups (broad SMARTS) is 1. The standard InChI is InChI=1S/C14H23N2O2/c1-5-12(2)13-6-8-15(9-7-13)11-16(3,4)10-14(17)18/h6-9,12H,5,10-11H2,1-4H3/q+1/p+1. The van der Waals surface area contributed by atoms with Gasteiger partial charge in [0.2, 0.25) is 0 Å². The lowest BCUT2D eigenvalue weighted by atomic mass is 10.0. The van der Waals surface area contributed by atoms with Crippen molar-refractivity contribution in [1.82, 2.24) is 0 Å². The Hall–Kier alpha value is -1.42. The molecule has 1 atom stereocenters. The predicted octanol–water partition coefficient (Wildman–Crippen LogP) is 1.61. The maximum atomic E-state index is 10.8. The van der Waals surface area contributed by atoms with Gasteiger partial charge in [-0.05, 0) is 17.9 Å². The second-order valence-corrected chi connectivity index (χ2v) is 5.58. The number of rotatable bonds is 6. The van der Waals surface area contributed by atoms with Crippen LogP contribution in [0.25, 0.3) is 0 Å². The first kappa shape index (κ1) is 14.6. The molecule has 0 saturated heterocycles. The lowest BCUT2D eigenvalue weighted by molar-refractivity contribution is -1.02. The third-order valence-corrected chi connectivity index (χ3v) is 3.21. The van der Waals surface area contributed by atoms with Crippen LogP contribution in [0.2, 0.25) is 0 Å². The first-order valence-corrected chi connectivity index (χ1v) is 6.37. The van der Waals surface area contributed by atoms with E-state index in [-0.39, 0.29) is 6.54 Å². The van der Waals surface area contributed by atoms with Crippen LogP contribution in [-0.2, 0) is 11.5 Å². The number of pyridine rings is 1. The van der Waals surface area contributed by atoms with Gasteiger partial charge in [0.15, 0.2) is 18.9 Å². The lowest BCUT2D eigenvalue weighted by Gasteiger charge is -2.23. The Balaban J connectivity index is 2.71. The van der Waals surface area contributed by atoms with Crippen molar-refractivity contribution in [2.24, 2.45) is 0 Å². The summed E-state index contributed by atoms with van der Waals surface area (Å²) in [5, 5.41) is 8.85. The van der Waals surface area contributed by atoms with E-state index >= 15 is 0 Å². The highest BCUT2D eigenvalue weighted by atomic mass is 16.4. The van der Waals surface area contributed by atoms with E-state index in [1.165, 1.54) is 5.56 Å². The lowest BCUT2D eigenvalue weighted by Crippen LogP contribution is -2.54. The third-order valence-electron chi connectivity index (χ3n) is 3.21. The van der Waals surface area contributed by atoms with Gasteiger partial charge in [-0.2, -0.15) is 4.57 Å². The largest absolute Gasteiger partial charge is 0.477 e. The van der Waals surface area contributed by atoms with Gasteiger partial charge in [0.1, 0.15) is 0 Å². The summed E-state index contributed by atoms with van der Waals surface area (Å²) in [6.07, 6.45) is 5.19. The SMILES string of the molecule is CCC(C)c1cc[n+](C[N+](C)(C)CC(=O)O)cc1. The summed E-state index contributed by atoms with van der Waals surface area (Å²) in [6, 6.07) is 4.24. The van der Waals surface area contributed by atoms with E-state index in [1.54, 1.807) is 0 Å². The number of hydrogen-bond acceptors (Lipinski definition) is 1. The molecule has 0 saturated carbocycles. The Morgan fingerprint density at radius 1 is 1.39 bits per heavy atom. The first-order chi connectivity index (χ1) is 8.34. The summed E-state index contributed by atoms with van der Waals surface area (Å²) in [7, 11) is 3.84. The van der Waals surface area contributed by atoms with Crippen molar-refractivity contribution < 1.29 is 19.0 Å². The second kappa shape index (κ2) is 5.96. The zero-order chi connectivity index (χ0) is 13.8. The molecule has 1 aromatic heterocycles. The number of hydrogen-bond donors (Lipinski definition) is 1. The Morgan fingerprint density at radius 3 is 2.39 bits per heavy atom. The predicted molar refractivity (Wildman–Crippen MR) is 70.0 cm³/mol. The van der Waals surface area contributed by atoms with Crippen molar-refractivity contribution in [3.8, 4) is 0 Å². The minimum absolute atomic E-state index is 0.125. The third kappa shape index (κ3) is 4.45. The van der Waals surface area contributed by atoms with E-state index in [1.807, 2.05) is 31.1 Å². The van der Waals surface area contributed by atoms with Crippen LogP contribution in [0.4, 0.5) is 0 Å². The van der Waals surface area contributed by atoms with Gasteiger partial charge in [0.25, 0.3) is 6.67 Å². The number of quaternary nitrogens is 1. The molecule has 100 valence electrons. The fourth-order valence-electron chi connectivity index (χ4n) is 1.99. The molecule has 0 radical (unpaired) electrons. The van der Waals surface area contributed by atoms with Gasteiger partial charge in [-0.3, -0.25) is 4.48 Å². The van der Waals surface area contributed by atoms with Gasteiger partial charge >= 0.3 is 5.97 Å². The quantitative estimate of drug-likeness (QED) is 0.617. The first-order valence-electron chi connectivity index (χ1n) is 6.37. The summed E-state index contributed by atoms with van der Waals surface area (Å²) in [5.41, 5.74) is 1.33. The van der Waals surface area contributed by atoms with E-state index in [4.69, 9.17) is 5.11 Å². The van der Waals surface area contributed by atoms with Crippen molar-refractivity contribution in [3.63, 3.8) is 0 Å². The molecule has 4 heteroatoms. The molecule has 1 N–H and O–H groups in total. The number of carbonyl (C=O) groups is 1. The Bertz CT molecular complexity index is 399. The molecule has 0 amide bonds. The van der Waals surface area contributed by atoms with Crippen LogP contribution in [0.5, 0.6) is 0 Å². The summed E-state index contributed by atoms with van der Waals surface area (Å²) < 4.78 is 2.47. The van der Waals surface area contributed by atoms with Crippen LogP contribution >= 0.6 is 0 Å². The Morgan fingerprint density at radius 2 is 1.94 bits per heavy atom. The summed E-state index contributed by atoms with van der Waals surface area (Å²) in [5.74, 6) is -0.196. The molecule has 0 aliphatic rings. The Labute approximate surface area is 109 Å². The molecule has 0 aliphatic carbocycles. The smallest absolute Gasteiger partial charge is 0.359 e. The summed E-state index contributed by atoms with van der Waals surface area (Å²) >= 11 is 0. The van der Waals surface area contributed by atoms with E-state index in [0.29, 0.717) is 17.1 Å². The number of likely N-dealkylation sites (N-methyl/N-ethyl adjacent to an activating group) is 1. The molecule has 0 fully saturated rings. The van der Waals surface area contributed by atoms with E-state index < -0.39 is 5.97 Å². The molecule has 1 unspecified atom stereocenters. The molecule has 4 nitrogen and oxygen atoms in total. The van der Waals surface area contributed by atoms with Crippen LogP contribution in [-0.4, -0.2) is 36.2 Å². The van der Waals surface area contributed by atoms with Crippen molar-refractivity contribution in [1.29, 1.82) is 0 Å². The molecule has 1 rings (SSSR count). The maximum absolute atomic E-state index is 10.8. The highest BCUT2D eigenvalue weighted by Crippen LogP contribution is 2.16. The van der Waals surface area contributed by atoms with Crippen molar-refractivity contribution >= 4 is 5.97 Å². The topological polar surface area (TPSA) is 41.2 Å². The monoisotopic (exact) mass is 252 g/mol. The molecular formula is C14H24N2O2+2. The minimum Gasteiger partial charge on any atom is -0.477 e. The summed E-state index contributed by atoms with van der Waals surface area (Å²) in [6.45, 7) is 5.18. The number of aromatic nitrogens is 1. The van der Waals surface area contributed by atoms with Gasteiger partial charge in [0.05, 0.1) is 14.1 Å². The van der Waals surface area contributed by atoms with Crippen LogP contribution in [0.1, 0.15) is 31.7 Å². The van der Waals surface area contributed by atoms with Crippen molar-refractivity contribution in [2.45, 2.75) is 32.9 Å². The number of nitrogens with zero attached hydrogens (tertiary/aromatic N) is 2. The molecule has 0 spiro atoms. The van der Waals surface area contributed by atoms with Gasteiger partial charge in [-0.15, -0.1) is 0 Å². The van der Waals surface area contributed by atoms with E-state index in [9.17, 15) is 4.79 Å². The van der Waals surface area contributed by atoms with Gasteiger partial charge in [-0.1, -0.05) is 13.8 Å². The highest BCUT2D eigenvalue weighted by Gasteiger charge is 2.23. The van der Waals surface area contributed by atoms with Crippen LogP contribution in [0, 0.1) is 0 Å². The van der Waals surface area contributed by atoms with Gasteiger partial charge < -0.3 is 5.11 Å². The number of carboxylic acids is 1. The second-order valence-electron chi connectivity index (χ2n) is 5.58. The molecule has 18 heavy (non-hydrogen) atoms. The minimum atomic E-state index is -0.767. The van der Waals surface area contributed by atoms with Crippen molar-refractivity contribution in [2.75, 3.05) is 20.6 Å². The molecule has 0 bridgehead atoms. The average molecular weight is 252 g/mol. The zero-order valence-corrected chi connectivity index (χ0v) is 11.8. The molecule has 1 aromatic rings. The van der Waals surface area contributed by atoms with Gasteiger partial charge in [0, 0.05) is 12.1 Å². The van der Waals surface area contributed by atoms with Crippen LogP contribution < -0.4 is 4.57 Å². The molecule has 0 aliphatic heterocycles. The van der Waals surface area contributed by atoms with E-state index in [0.717, 1.165) is 6.42 Å². The van der Waals surface area contributed by atoms with Gasteiger partial charge in [-0.25, -0.2) is 4.79 Å².